The lowest BCUT2D eigenvalue weighted by molar-refractivity contribution is -0.348. The summed E-state index contributed by atoms with van der Waals surface area (Å²) in [6, 6.07) is 0. The highest BCUT2D eigenvalue weighted by molar-refractivity contribution is 5.07. The van der Waals surface area contributed by atoms with Gasteiger partial charge in [0.05, 0.1) is 0 Å². The molecule has 1 rings (SSSR count). The number of ether oxygens (including phenoxy) is 5. The van der Waals surface area contributed by atoms with E-state index in [1.807, 2.05) is 39.8 Å². The second-order valence-corrected chi connectivity index (χ2v) is 3.70. The molecule has 5 nitrogen and oxygen atoms in total. The molecule has 2 atom stereocenters. The quantitative estimate of drug-likeness (QED) is 0.469. The zero-order chi connectivity index (χ0) is 13.4. The fourth-order valence-electron chi connectivity index (χ4n) is 1.82. The van der Waals surface area contributed by atoms with Crippen molar-refractivity contribution in [3.8, 4) is 0 Å². The lowest BCUT2D eigenvalue weighted by Crippen LogP contribution is -2.48. The van der Waals surface area contributed by atoms with Gasteiger partial charge < -0.3 is 23.7 Å². The van der Waals surface area contributed by atoms with E-state index in [0.29, 0.717) is 26.4 Å². The third-order valence-corrected chi connectivity index (χ3v) is 2.45. The molecule has 0 amide bonds. The summed E-state index contributed by atoms with van der Waals surface area (Å²) in [5.41, 5.74) is 0. The van der Waals surface area contributed by atoms with Crippen molar-refractivity contribution in [3.05, 3.63) is 12.2 Å². The van der Waals surface area contributed by atoms with Crippen LogP contribution in [0.5, 0.6) is 0 Å². The first-order valence-electron chi connectivity index (χ1n) is 6.58. The van der Waals surface area contributed by atoms with E-state index in [2.05, 4.69) is 0 Å². The van der Waals surface area contributed by atoms with E-state index in [1.54, 1.807) is 0 Å². The molecular weight excluding hydrogens is 236 g/mol. The summed E-state index contributed by atoms with van der Waals surface area (Å²) in [5.74, 6) is -1.01. The van der Waals surface area contributed by atoms with Crippen molar-refractivity contribution < 1.29 is 23.7 Å². The van der Waals surface area contributed by atoms with Gasteiger partial charge in [-0.1, -0.05) is 0 Å². The van der Waals surface area contributed by atoms with E-state index in [0.717, 1.165) is 0 Å². The fraction of sp³-hybridized carbons (Fsp3) is 0.846. The van der Waals surface area contributed by atoms with Crippen LogP contribution in [-0.2, 0) is 23.7 Å². The van der Waals surface area contributed by atoms with Gasteiger partial charge in [0.15, 0.2) is 6.29 Å². The van der Waals surface area contributed by atoms with E-state index in [4.69, 9.17) is 23.7 Å². The lowest BCUT2D eigenvalue weighted by Gasteiger charge is -2.34. The molecule has 106 valence electrons. The largest absolute Gasteiger partial charge is 0.349 e. The van der Waals surface area contributed by atoms with Gasteiger partial charge in [0.25, 0.3) is 0 Å². The van der Waals surface area contributed by atoms with Crippen molar-refractivity contribution in [2.24, 2.45) is 0 Å². The molecule has 2 unspecified atom stereocenters. The van der Waals surface area contributed by atoms with Crippen molar-refractivity contribution in [3.63, 3.8) is 0 Å². The molecule has 0 bridgehead atoms. The van der Waals surface area contributed by atoms with Crippen LogP contribution < -0.4 is 0 Å². The van der Waals surface area contributed by atoms with Crippen molar-refractivity contribution >= 4 is 0 Å². The Bertz CT molecular complexity index is 250. The van der Waals surface area contributed by atoms with Crippen LogP contribution in [0.3, 0.4) is 0 Å². The van der Waals surface area contributed by atoms with Crippen molar-refractivity contribution in [2.75, 3.05) is 26.4 Å². The second kappa shape index (κ2) is 7.86. The van der Waals surface area contributed by atoms with Crippen LogP contribution in [0.1, 0.15) is 27.7 Å². The minimum atomic E-state index is -1.01. The van der Waals surface area contributed by atoms with Crippen LogP contribution in [-0.4, -0.2) is 44.8 Å². The molecule has 0 fully saturated rings. The average molecular weight is 260 g/mol. The Morgan fingerprint density at radius 2 is 1.72 bits per heavy atom. The highest BCUT2D eigenvalue weighted by Crippen LogP contribution is 2.31. The predicted molar refractivity (Wildman–Crippen MR) is 67.0 cm³/mol. The summed E-state index contributed by atoms with van der Waals surface area (Å²) < 4.78 is 28.0. The highest BCUT2D eigenvalue weighted by atomic mass is 16.8. The summed E-state index contributed by atoms with van der Waals surface area (Å²) in [6.07, 6.45) is 2.64. The highest BCUT2D eigenvalue weighted by Gasteiger charge is 2.46. The molecule has 0 N–H and O–H groups in total. The van der Waals surface area contributed by atoms with Gasteiger partial charge in [0.1, 0.15) is 0 Å². The van der Waals surface area contributed by atoms with Gasteiger partial charge in [-0.2, -0.15) is 0 Å². The maximum absolute atomic E-state index is 5.79. The summed E-state index contributed by atoms with van der Waals surface area (Å²) in [6.45, 7) is 9.76. The molecule has 18 heavy (non-hydrogen) atoms. The van der Waals surface area contributed by atoms with Gasteiger partial charge >= 0.3 is 0 Å². The fourth-order valence-corrected chi connectivity index (χ4v) is 1.82. The standard InChI is InChI=1S/C13H24O5/c1-5-14-11-9-10-13(18-11,17-8-4)12(15-6-2)16-7-3/h9-12H,5-8H2,1-4H3. The molecule has 0 saturated carbocycles. The molecule has 5 heteroatoms. The summed E-state index contributed by atoms with van der Waals surface area (Å²) in [4.78, 5) is 0. The monoisotopic (exact) mass is 260 g/mol. The van der Waals surface area contributed by atoms with E-state index >= 15 is 0 Å². The van der Waals surface area contributed by atoms with E-state index in [1.165, 1.54) is 0 Å². The van der Waals surface area contributed by atoms with Crippen molar-refractivity contribution in [2.45, 2.75) is 46.1 Å². The Kier molecular flexibility index (Phi) is 6.81. The van der Waals surface area contributed by atoms with Gasteiger partial charge in [0.2, 0.25) is 12.1 Å². The van der Waals surface area contributed by atoms with Crippen LogP contribution in [0.15, 0.2) is 12.2 Å². The van der Waals surface area contributed by atoms with Crippen molar-refractivity contribution in [1.82, 2.24) is 0 Å². The minimum absolute atomic E-state index is 0.412. The first-order valence-corrected chi connectivity index (χ1v) is 6.58. The molecule has 1 heterocycles. The smallest absolute Gasteiger partial charge is 0.243 e. The lowest BCUT2D eigenvalue weighted by atomic mass is 10.2. The Morgan fingerprint density at radius 3 is 2.22 bits per heavy atom. The van der Waals surface area contributed by atoms with Gasteiger partial charge in [-0.05, 0) is 39.8 Å². The molecule has 0 radical (unpaired) electrons. The Labute approximate surface area is 109 Å². The molecule has 0 saturated heterocycles. The zero-order valence-electron chi connectivity index (χ0n) is 11.7. The number of hydrogen-bond donors (Lipinski definition) is 0. The predicted octanol–water partition coefficient (Wildman–Crippen LogP) is 2.07. The molecule has 0 aromatic carbocycles. The molecule has 0 aromatic heterocycles. The van der Waals surface area contributed by atoms with Gasteiger partial charge in [-0.25, -0.2) is 0 Å². The van der Waals surface area contributed by atoms with Gasteiger partial charge in [0, 0.05) is 26.4 Å². The first-order chi connectivity index (χ1) is 8.72. The summed E-state index contributed by atoms with van der Waals surface area (Å²) >= 11 is 0. The second-order valence-electron chi connectivity index (χ2n) is 3.70. The normalized spacial score (nSPS) is 27.3. The average Bonchev–Trinajstić information content (AvgIpc) is 2.74. The first kappa shape index (κ1) is 15.6. The van der Waals surface area contributed by atoms with Crippen LogP contribution in [0, 0.1) is 0 Å². The topological polar surface area (TPSA) is 46.2 Å². The van der Waals surface area contributed by atoms with Crippen molar-refractivity contribution in [1.29, 1.82) is 0 Å². The van der Waals surface area contributed by atoms with Crippen LogP contribution >= 0.6 is 0 Å². The molecule has 0 spiro atoms. The van der Waals surface area contributed by atoms with E-state index in [-0.39, 0.29) is 0 Å². The third kappa shape index (κ3) is 3.76. The summed E-state index contributed by atoms with van der Waals surface area (Å²) in [5, 5.41) is 0. The number of rotatable bonds is 9. The molecule has 0 aromatic rings. The van der Waals surface area contributed by atoms with Gasteiger partial charge in [-0.3, -0.25) is 0 Å². The van der Waals surface area contributed by atoms with Crippen LogP contribution in [0.4, 0.5) is 0 Å². The van der Waals surface area contributed by atoms with Crippen LogP contribution in [0.25, 0.3) is 0 Å². The van der Waals surface area contributed by atoms with E-state index < -0.39 is 18.4 Å². The number of hydrogen-bond acceptors (Lipinski definition) is 5. The molecule has 1 aliphatic heterocycles. The maximum Gasteiger partial charge on any atom is 0.243 e. The SMILES string of the molecule is CCOC1C=CC(OCC)(C(OCC)OCC)O1. The third-order valence-electron chi connectivity index (χ3n) is 2.45. The molecule has 1 aliphatic rings. The maximum atomic E-state index is 5.79. The Hall–Kier alpha value is -0.460. The van der Waals surface area contributed by atoms with Gasteiger partial charge in [-0.15, -0.1) is 0 Å². The minimum Gasteiger partial charge on any atom is -0.349 e. The Morgan fingerprint density at radius 1 is 1.06 bits per heavy atom. The summed E-state index contributed by atoms with van der Waals surface area (Å²) in [7, 11) is 0. The molecular formula is C13H24O5. The Balaban J connectivity index is 2.76. The molecule has 0 aliphatic carbocycles. The van der Waals surface area contributed by atoms with Crippen LogP contribution in [0.2, 0.25) is 0 Å². The van der Waals surface area contributed by atoms with E-state index in [9.17, 15) is 0 Å². The zero-order valence-corrected chi connectivity index (χ0v) is 11.7.